The van der Waals surface area contributed by atoms with Gasteiger partial charge in [-0.15, -0.1) is 0 Å². The molecule has 0 unspecified atom stereocenters. The predicted octanol–water partition coefficient (Wildman–Crippen LogP) is 1.76. The number of anilines is 1. The Bertz CT molecular complexity index is 674. The maximum absolute atomic E-state index is 11.4. The summed E-state index contributed by atoms with van der Waals surface area (Å²) in [4.78, 5) is 29.2. The van der Waals surface area contributed by atoms with Gasteiger partial charge in [-0.1, -0.05) is 0 Å². The lowest BCUT2D eigenvalue weighted by Gasteiger charge is -2.06. The Hall–Kier alpha value is -3.07. The summed E-state index contributed by atoms with van der Waals surface area (Å²) >= 11 is 0. The van der Waals surface area contributed by atoms with Gasteiger partial charge in [-0.25, -0.2) is 9.97 Å². The topological polar surface area (TPSA) is 116 Å². The number of aromatic nitrogens is 2. The number of carbonyl (C=O) groups excluding carboxylic acids is 1. The molecule has 0 spiro atoms. The van der Waals surface area contributed by atoms with Crippen molar-refractivity contribution >= 4 is 17.4 Å². The van der Waals surface area contributed by atoms with Crippen molar-refractivity contribution in [2.75, 3.05) is 19.0 Å². The van der Waals surface area contributed by atoms with Crippen LogP contribution in [-0.2, 0) is 9.53 Å². The molecule has 0 aliphatic heterocycles. The second-order valence-corrected chi connectivity index (χ2v) is 4.08. The van der Waals surface area contributed by atoms with Crippen molar-refractivity contribution < 1.29 is 19.2 Å². The first-order valence-electron chi connectivity index (χ1n) is 6.11. The number of methoxy groups -OCH3 is 1. The van der Waals surface area contributed by atoms with Gasteiger partial charge >= 0.3 is 0 Å². The molecule has 0 aliphatic carbocycles. The predicted molar refractivity (Wildman–Crippen MR) is 75.7 cm³/mol. The zero-order valence-corrected chi connectivity index (χ0v) is 11.6. The van der Waals surface area contributed by atoms with E-state index in [1.165, 1.54) is 43.8 Å². The van der Waals surface area contributed by atoms with Gasteiger partial charge in [0.2, 0.25) is 5.88 Å². The normalized spacial score (nSPS) is 10.0. The highest BCUT2D eigenvalue weighted by Crippen LogP contribution is 2.23. The summed E-state index contributed by atoms with van der Waals surface area (Å²) in [5.74, 6) is 0.464. The Morgan fingerprint density at radius 3 is 2.68 bits per heavy atom. The second-order valence-electron chi connectivity index (χ2n) is 4.08. The van der Waals surface area contributed by atoms with E-state index in [-0.39, 0.29) is 29.9 Å². The highest BCUT2D eigenvalue weighted by Gasteiger charge is 2.07. The summed E-state index contributed by atoms with van der Waals surface area (Å²) in [7, 11) is 1.41. The lowest BCUT2D eigenvalue weighted by molar-refractivity contribution is -0.384. The molecule has 22 heavy (non-hydrogen) atoms. The minimum absolute atomic E-state index is 0.0393. The van der Waals surface area contributed by atoms with Gasteiger partial charge in [0.15, 0.2) is 0 Å². The van der Waals surface area contributed by atoms with Crippen LogP contribution in [0, 0.1) is 10.1 Å². The SMILES string of the molecule is COCC(=O)Nc1cc(Oc2ccc([N+](=O)[O-])cc2)ncn1. The lowest BCUT2D eigenvalue weighted by Crippen LogP contribution is -2.17. The summed E-state index contributed by atoms with van der Waals surface area (Å²) in [6, 6.07) is 6.96. The van der Waals surface area contributed by atoms with Crippen LogP contribution in [0.3, 0.4) is 0 Å². The number of ether oxygens (including phenoxy) is 2. The Balaban J connectivity index is 2.06. The van der Waals surface area contributed by atoms with Crippen molar-refractivity contribution in [3.63, 3.8) is 0 Å². The fourth-order valence-electron chi connectivity index (χ4n) is 1.53. The van der Waals surface area contributed by atoms with E-state index < -0.39 is 4.92 Å². The largest absolute Gasteiger partial charge is 0.439 e. The first-order valence-corrected chi connectivity index (χ1v) is 6.11. The summed E-state index contributed by atoms with van der Waals surface area (Å²) < 4.78 is 10.1. The molecule has 0 aliphatic rings. The minimum Gasteiger partial charge on any atom is -0.439 e. The Labute approximate surface area is 125 Å². The van der Waals surface area contributed by atoms with Gasteiger partial charge in [-0.2, -0.15) is 0 Å². The quantitative estimate of drug-likeness (QED) is 0.638. The van der Waals surface area contributed by atoms with Gasteiger partial charge in [-0.3, -0.25) is 14.9 Å². The number of rotatable bonds is 6. The molecule has 1 aromatic heterocycles. The van der Waals surface area contributed by atoms with Crippen molar-refractivity contribution in [1.82, 2.24) is 9.97 Å². The van der Waals surface area contributed by atoms with Gasteiger partial charge in [0.05, 0.1) is 4.92 Å². The zero-order chi connectivity index (χ0) is 15.9. The molecule has 9 nitrogen and oxygen atoms in total. The van der Waals surface area contributed by atoms with E-state index in [2.05, 4.69) is 15.3 Å². The number of benzene rings is 1. The molecule has 1 N–H and O–H groups in total. The van der Waals surface area contributed by atoms with Gasteiger partial charge < -0.3 is 14.8 Å². The second kappa shape index (κ2) is 7.09. The Morgan fingerprint density at radius 1 is 1.32 bits per heavy atom. The molecule has 0 fully saturated rings. The average Bonchev–Trinajstić information content (AvgIpc) is 2.48. The van der Waals surface area contributed by atoms with Crippen LogP contribution in [-0.4, -0.2) is 34.5 Å². The summed E-state index contributed by atoms with van der Waals surface area (Å²) in [6.45, 7) is -0.0947. The first-order chi connectivity index (χ1) is 10.6. The van der Waals surface area contributed by atoms with Crippen LogP contribution in [0.2, 0.25) is 0 Å². The smallest absolute Gasteiger partial charge is 0.269 e. The first kappa shape index (κ1) is 15.3. The van der Waals surface area contributed by atoms with Crippen LogP contribution < -0.4 is 10.1 Å². The van der Waals surface area contributed by atoms with E-state index in [4.69, 9.17) is 9.47 Å². The molecule has 114 valence electrons. The van der Waals surface area contributed by atoms with Crippen molar-refractivity contribution in [2.24, 2.45) is 0 Å². The molecule has 1 amide bonds. The highest BCUT2D eigenvalue weighted by molar-refractivity contribution is 5.90. The van der Waals surface area contributed by atoms with Crippen LogP contribution in [0.5, 0.6) is 11.6 Å². The van der Waals surface area contributed by atoms with Crippen molar-refractivity contribution in [1.29, 1.82) is 0 Å². The fourth-order valence-corrected chi connectivity index (χ4v) is 1.53. The molecule has 0 saturated carbocycles. The van der Waals surface area contributed by atoms with Crippen LogP contribution in [0.25, 0.3) is 0 Å². The summed E-state index contributed by atoms with van der Waals surface area (Å²) in [5, 5.41) is 13.1. The van der Waals surface area contributed by atoms with Crippen LogP contribution in [0.15, 0.2) is 36.7 Å². The van der Waals surface area contributed by atoms with Gasteiger partial charge in [0.1, 0.15) is 24.5 Å². The number of hydrogen-bond donors (Lipinski definition) is 1. The maximum Gasteiger partial charge on any atom is 0.269 e. The molecule has 0 bridgehead atoms. The highest BCUT2D eigenvalue weighted by atomic mass is 16.6. The molecule has 2 rings (SSSR count). The van der Waals surface area contributed by atoms with Crippen LogP contribution >= 0.6 is 0 Å². The molecule has 0 radical (unpaired) electrons. The molecule has 0 atom stereocenters. The average molecular weight is 304 g/mol. The lowest BCUT2D eigenvalue weighted by atomic mass is 10.3. The number of carbonyl (C=O) groups is 1. The third-order valence-electron chi connectivity index (χ3n) is 2.45. The molecule has 1 heterocycles. The minimum atomic E-state index is -0.502. The molecular weight excluding hydrogens is 292 g/mol. The maximum atomic E-state index is 11.4. The molecular formula is C13H12N4O5. The van der Waals surface area contributed by atoms with E-state index in [0.29, 0.717) is 5.75 Å². The Morgan fingerprint density at radius 2 is 2.05 bits per heavy atom. The number of nitrogens with one attached hydrogen (secondary N) is 1. The molecule has 9 heteroatoms. The van der Waals surface area contributed by atoms with Crippen molar-refractivity contribution in [3.8, 4) is 11.6 Å². The zero-order valence-electron chi connectivity index (χ0n) is 11.6. The monoisotopic (exact) mass is 304 g/mol. The van der Waals surface area contributed by atoms with E-state index in [0.717, 1.165) is 0 Å². The van der Waals surface area contributed by atoms with E-state index in [9.17, 15) is 14.9 Å². The summed E-state index contributed by atoms with van der Waals surface area (Å²) in [5.41, 5.74) is -0.0393. The summed E-state index contributed by atoms with van der Waals surface area (Å²) in [6.07, 6.45) is 1.23. The molecule has 2 aromatic rings. The van der Waals surface area contributed by atoms with Crippen molar-refractivity contribution in [2.45, 2.75) is 0 Å². The van der Waals surface area contributed by atoms with E-state index >= 15 is 0 Å². The van der Waals surface area contributed by atoms with Gasteiger partial charge in [0, 0.05) is 25.3 Å². The molecule has 1 aromatic carbocycles. The van der Waals surface area contributed by atoms with Crippen LogP contribution in [0.1, 0.15) is 0 Å². The van der Waals surface area contributed by atoms with Gasteiger partial charge in [0.25, 0.3) is 11.6 Å². The molecule has 0 saturated heterocycles. The standard InChI is InChI=1S/C13H12N4O5/c1-21-7-12(18)16-11-6-13(15-8-14-11)22-10-4-2-9(3-5-10)17(19)20/h2-6,8H,7H2,1H3,(H,14,15,16,18). The number of nitro benzene ring substituents is 1. The number of nitro groups is 1. The number of hydrogen-bond acceptors (Lipinski definition) is 7. The van der Waals surface area contributed by atoms with E-state index in [1.54, 1.807) is 0 Å². The number of non-ortho nitro benzene ring substituents is 1. The third-order valence-corrected chi connectivity index (χ3v) is 2.45. The van der Waals surface area contributed by atoms with Crippen LogP contribution in [0.4, 0.5) is 11.5 Å². The van der Waals surface area contributed by atoms with E-state index in [1.807, 2.05) is 0 Å². The number of nitrogens with zero attached hydrogens (tertiary/aromatic N) is 3. The third kappa shape index (κ3) is 4.21. The van der Waals surface area contributed by atoms with Gasteiger partial charge in [-0.05, 0) is 12.1 Å². The fraction of sp³-hybridized carbons (Fsp3) is 0.154. The van der Waals surface area contributed by atoms with Crippen molar-refractivity contribution in [3.05, 3.63) is 46.8 Å². The number of amides is 1. The Kier molecular flexibility index (Phi) is 4.94.